The molecule has 1 amide bonds. The maximum atomic E-state index is 12.2. The summed E-state index contributed by atoms with van der Waals surface area (Å²) in [4.78, 5) is 25.4. The topological polar surface area (TPSA) is 46.6 Å². The molecule has 22 heavy (non-hydrogen) atoms. The number of ether oxygens (including phenoxy) is 1. The quantitative estimate of drug-likeness (QED) is 0.292. The van der Waals surface area contributed by atoms with Gasteiger partial charge in [0.2, 0.25) is 5.91 Å². The Morgan fingerprint density at radius 1 is 0.818 bits per heavy atom. The first-order valence-corrected chi connectivity index (χ1v) is 8.79. The van der Waals surface area contributed by atoms with Gasteiger partial charge in [0.05, 0.1) is 6.61 Å². The van der Waals surface area contributed by atoms with Crippen LogP contribution in [0.5, 0.6) is 0 Å². The fourth-order valence-electron chi connectivity index (χ4n) is 2.23. The molecule has 0 N–H and O–H groups in total. The van der Waals surface area contributed by atoms with Crippen LogP contribution in [-0.2, 0) is 14.3 Å². The zero-order valence-corrected chi connectivity index (χ0v) is 14.6. The Balaban J connectivity index is 4.33. The summed E-state index contributed by atoms with van der Waals surface area (Å²) in [6, 6.07) is 0. The highest BCUT2D eigenvalue weighted by Gasteiger charge is 2.10. The number of hydrogen-bond donors (Lipinski definition) is 0. The standard InChI is InChI=1S/C18H33NO3/c1-4-7-9-11-15-19(16-12-10-8-5-2)17(20)13-14-18(21)22-6-3/h13-14H,4-12,15-16H2,1-3H3/b14-13+. The van der Waals surface area contributed by atoms with Crippen molar-refractivity contribution in [3.8, 4) is 0 Å². The van der Waals surface area contributed by atoms with Crippen molar-refractivity contribution in [3.63, 3.8) is 0 Å². The highest BCUT2D eigenvalue weighted by atomic mass is 16.5. The summed E-state index contributed by atoms with van der Waals surface area (Å²) < 4.78 is 4.80. The summed E-state index contributed by atoms with van der Waals surface area (Å²) >= 11 is 0. The van der Waals surface area contributed by atoms with Crippen LogP contribution in [0.1, 0.15) is 72.1 Å². The Hall–Kier alpha value is -1.32. The molecule has 0 aromatic carbocycles. The largest absolute Gasteiger partial charge is 0.463 e. The van der Waals surface area contributed by atoms with E-state index in [4.69, 9.17) is 4.74 Å². The Bertz CT molecular complexity index is 314. The number of amides is 1. The van der Waals surface area contributed by atoms with Crippen molar-refractivity contribution in [2.45, 2.75) is 72.1 Å². The maximum absolute atomic E-state index is 12.2. The van der Waals surface area contributed by atoms with E-state index in [1.165, 1.54) is 37.8 Å². The van der Waals surface area contributed by atoms with Crippen molar-refractivity contribution < 1.29 is 14.3 Å². The van der Waals surface area contributed by atoms with E-state index >= 15 is 0 Å². The number of carbonyl (C=O) groups excluding carboxylic acids is 2. The zero-order valence-electron chi connectivity index (χ0n) is 14.6. The van der Waals surface area contributed by atoms with E-state index in [-0.39, 0.29) is 5.91 Å². The smallest absolute Gasteiger partial charge is 0.330 e. The van der Waals surface area contributed by atoms with E-state index in [1.54, 1.807) is 6.92 Å². The van der Waals surface area contributed by atoms with E-state index < -0.39 is 5.97 Å². The van der Waals surface area contributed by atoms with Crippen LogP contribution in [0.3, 0.4) is 0 Å². The van der Waals surface area contributed by atoms with Gasteiger partial charge in [-0.2, -0.15) is 0 Å². The van der Waals surface area contributed by atoms with Crippen molar-refractivity contribution in [3.05, 3.63) is 12.2 Å². The Kier molecular flexibility index (Phi) is 13.7. The summed E-state index contributed by atoms with van der Waals surface area (Å²) in [5, 5.41) is 0. The molecule has 0 unspecified atom stereocenters. The SMILES string of the molecule is CCCCCCN(CCCCCC)C(=O)/C=C/C(=O)OCC. The monoisotopic (exact) mass is 311 g/mol. The molecule has 0 saturated carbocycles. The molecule has 0 aromatic heterocycles. The zero-order chi connectivity index (χ0) is 16.6. The molecule has 128 valence electrons. The van der Waals surface area contributed by atoms with Crippen LogP contribution in [0.2, 0.25) is 0 Å². The molecule has 0 atom stereocenters. The Morgan fingerprint density at radius 2 is 1.36 bits per heavy atom. The van der Waals surface area contributed by atoms with Crippen LogP contribution in [0.4, 0.5) is 0 Å². The minimum absolute atomic E-state index is 0.0824. The number of carbonyl (C=O) groups is 2. The molecule has 0 bridgehead atoms. The highest BCUT2D eigenvalue weighted by Crippen LogP contribution is 2.06. The van der Waals surface area contributed by atoms with Gasteiger partial charge in [0.15, 0.2) is 0 Å². The van der Waals surface area contributed by atoms with Gasteiger partial charge in [-0.3, -0.25) is 4.79 Å². The number of hydrogen-bond acceptors (Lipinski definition) is 3. The van der Waals surface area contributed by atoms with Crippen molar-refractivity contribution in [2.75, 3.05) is 19.7 Å². The number of esters is 1. The van der Waals surface area contributed by atoms with Gasteiger partial charge in [0, 0.05) is 25.2 Å². The highest BCUT2D eigenvalue weighted by molar-refractivity contribution is 5.94. The number of unbranched alkanes of at least 4 members (excludes halogenated alkanes) is 6. The van der Waals surface area contributed by atoms with Gasteiger partial charge in [0.1, 0.15) is 0 Å². The summed E-state index contributed by atoms with van der Waals surface area (Å²) in [6.07, 6.45) is 11.7. The van der Waals surface area contributed by atoms with Crippen LogP contribution in [0.25, 0.3) is 0 Å². The lowest BCUT2D eigenvalue weighted by Crippen LogP contribution is -2.31. The molecule has 0 rings (SSSR count). The van der Waals surface area contributed by atoms with E-state index in [1.807, 2.05) is 4.90 Å². The average Bonchev–Trinajstić information content (AvgIpc) is 2.51. The molecule has 0 radical (unpaired) electrons. The first-order chi connectivity index (χ1) is 10.7. The lowest BCUT2D eigenvalue weighted by molar-refractivity contribution is -0.137. The van der Waals surface area contributed by atoms with Crippen molar-refractivity contribution in [2.24, 2.45) is 0 Å². The van der Waals surface area contributed by atoms with Crippen molar-refractivity contribution >= 4 is 11.9 Å². The summed E-state index contributed by atoms with van der Waals surface area (Å²) in [5.74, 6) is -0.534. The normalized spacial score (nSPS) is 10.9. The van der Waals surface area contributed by atoms with E-state index in [0.29, 0.717) is 6.61 Å². The van der Waals surface area contributed by atoms with Crippen LogP contribution in [0.15, 0.2) is 12.2 Å². The molecule has 0 saturated heterocycles. The van der Waals surface area contributed by atoms with Gasteiger partial charge in [0.25, 0.3) is 0 Å². The first-order valence-electron chi connectivity index (χ1n) is 8.79. The minimum Gasteiger partial charge on any atom is -0.463 e. The summed E-state index contributed by atoms with van der Waals surface area (Å²) in [6.45, 7) is 7.98. The molecule has 0 heterocycles. The van der Waals surface area contributed by atoms with Crippen LogP contribution in [-0.4, -0.2) is 36.5 Å². The molecule has 0 aliphatic rings. The van der Waals surface area contributed by atoms with Gasteiger partial charge in [-0.25, -0.2) is 4.79 Å². The van der Waals surface area contributed by atoms with Gasteiger partial charge >= 0.3 is 5.97 Å². The fourth-order valence-corrected chi connectivity index (χ4v) is 2.23. The molecule has 4 nitrogen and oxygen atoms in total. The first kappa shape index (κ1) is 20.7. The molecule has 4 heteroatoms. The van der Waals surface area contributed by atoms with Crippen LogP contribution >= 0.6 is 0 Å². The molecule has 0 aliphatic carbocycles. The fraction of sp³-hybridized carbons (Fsp3) is 0.778. The van der Waals surface area contributed by atoms with Gasteiger partial charge in [-0.05, 0) is 19.8 Å². The molecule has 0 aromatic rings. The van der Waals surface area contributed by atoms with Gasteiger partial charge in [-0.1, -0.05) is 52.4 Å². The Morgan fingerprint density at radius 3 is 1.82 bits per heavy atom. The third-order valence-electron chi connectivity index (χ3n) is 3.52. The summed E-state index contributed by atoms with van der Waals surface area (Å²) in [5.41, 5.74) is 0. The van der Waals surface area contributed by atoms with E-state index in [2.05, 4.69) is 13.8 Å². The predicted molar refractivity (Wildman–Crippen MR) is 90.6 cm³/mol. The molecule has 0 aliphatic heterocycles. The van der Waals surface area contributed by atoms with E-state index in [9.17, 15) is 9.59 Å². The van der Waals surface area contributed by atoms with E-state index in [0.717, 1.165) is 38.8 Å². The van der Waals surface area contributed by atoms with Crippen molar-refractivity contribution in [1.82, 2.24) is 4.90 Å². The third-order valence-corrected chi connectivity index (χ3v) is 3.52. The van der Waals surface area contributed by atoms with Gasteiger partial charge in [-0.15, -0.1) is 0 Å². The average molecular weight is 311 g/mol. The molecular formula is C18H33NO3. The molecule has 0 fully saturated rings. The predicted octanol–water partition coefficient (Wildman–Crippen LogP) is 4.09. The van der Waals surface area contributed by atoms with Crippen molar-refractivity contribution in [1.29, 1.82) is 0 Å². The second kappa shape index (κ2) is 14.6. The second-order valence-corrected chi connectivity index (χ2v) is 5.53. The number of rotatable bonds is 13. The minimum atomic E-state index is -0.451. The molecule has 0 spiro atoms. The maximum Gasteiger partial charge on any atom is 0.330 e. The lowest BCUT2D eigenvalue weighted by Gasteiger charge is -2.21. The summed E-state index contributed by atoms with van der Waals surface area (Å²) in [7, 11) is 0. The van der Waals surface area contributed by atoms with Crippen LogP contribution < -0.4 is 0 Å². The van der Waals surface area contributed by atoms with Gasteiger partial charge < -0.3 is 9.64 Å². The third kappa shape index (κ3) is 11.4. The van der Waals surface area contributed by atoms with Crippen LogP contribution in [0, 0.1) is 0 Å². The number of nitrogens with zero attached hydrogens (tertiary/aromatic N) is 1. The Labute approximate surface area is 135 Å². The lowest BCUT2D eigenvalue weighted by atomic mass is 10.1. The molecular weight excluding hydrogens is 278 g/mol. The second-order valence-electron chi connectivity index (χ2n) is 5.53.